The van der Waals surface area contributed by atoms with Gasteiger partial charge in [-0.1, -0.05) is 24.3 Å². The van der Waals surface area contributed by atoms with E-state index in [-0.39, 0.29) is 5.54 Å². The molecular weight excluding hydrogens is 338 g/mol. The number of carbonyl (C=O) groups is 1. The van der Waals surface area contributed by atoms with Crippen molar-refractivity contribution in [2.45, 2.75) is 43.7 Å². The highest BCUT2D eigenvalue weighted by Gasteiger charge is 2.44. The van der Waals surface area contributed by atoms with Crippen molar-refractivity contribution in [2.24, 2.45) is 0 Å². The number of benzene rings is 1. The molecule has 2 heterocycles. The van der Waals surface area contributed by atoms with Crippen LogP contribution in [0.2, 0.25) is 0 Å². The van der Waals surface area contributed by atoms with Gasteiger partial charge in [0.2, 0.25) is 5.91 Å². The zero-order chi connectivity index (χ0) is 18.9. The first kappa shape index (κ1) is 18.9. The van der Waals surface area contributed by atoms with Crippen molar-refractivity contribution in [3.63, 3.8) is 0 Å². The number of piperazine rings is 1. The molecule has 2 aliphatic heterocycles. The topological polar surface area (TPSA) is 36.0 Å². The summed E-state index contributed by atoms with van der Waals surface area (Å²) >= 11 is 0. The molecule has 0 radical (unpaired) electrons. The average Bonchev–Trinajstić information content (AvgIpc) is 3.05. The molecule has 1 spiro atoms. The van der Waals surface area contributed by atoms with E-state index in [9.17, 15) is 4.79 Å². The first-order chi connectivity index (χ1) is 13.1. The van der Waals surface area contributed by atoms with E-state index in [0.717, 1.165) is 45.6 Å². The van der Waals surface area contributed by atoms with Crippen molar-refractivity contribution < 1.29 is 9.53 Å². The maximum atomic E-state index is 12.6. The second-order valence-electron chi connectivity index (χ2n) is 8.57. The van der Waals surface area contributed by atoms with Crippen LogP contribution in [0.4, 0.5) is 0 Å². The summed E-state index contributed by atoms with van der Waals surface area (Å²) in [7, 11) is 3.96. The highest BCUT2D eigenvalue weighted by atomic mass is 16.5. The van der Waals surface area contributed by atoms with Gasteiger partial charge in [-0.2, -0.15) is 0 Å². The molecule has 4 rings (SSSR count). The number of hydrogen-bond acceptors (Lipinski definition) is 4. The van der Waals surface area contributed by atoms with E-state index in [0.29, 0.717) is 25.0 Å². The molecule has 0 unspecified atom stereocenters. The van der Waals surface area contributed by atoms with Gasteiger partial charge in [0.1, 0.15) is 0 Å². The van der Waals surface area contributed by atoms with Crippen LogP contribution in [-0.2, 0) is 22.4 Å². The molecule has 0 bridgehead atoms. The number of likely N-dealkylation sites (N-methyl/N-ethyl adjacent to an activating group) is 1. The fourth-order valence-corrected chi connectivity index (χ4v) is 5.27. The Morgan fingerprint density at radius 3 is 2.56 bits per heavy atom. The van der Waals surface area contributed by atoms with Crippen molar-refractivity contribution in [2.75, 3.05) is 53.5 Å². The molecule has 0 saturated carbocycles. The van der Waals surface area contributed by atoms with Crippen molar-refractivity contribution >= 4 is 5.91 Å². The number of rotatable bonds is 4. The third-order valence-electron chi connectivity index (χ3n) is 7.14. The number of hydrogen-bond donors (Lipinski definition) is 0. The lowest BCUT2D eigenvalue weighted by Crippen LogP contribution is -2.63. The van der Waals surface area contributed by atoms with Gasteiger partial charge in [0.15, 0.2) is 0 Å². The smallest absolute Gasteiger partial charge is 0.222 e. The lowest BCUT2D eigenvalue weighted by atomic mass is 9.85. The van der Waals surface area contributed by atoms with Gasteiger partial charge in [-0.05, 0) is 43.9 Å². The Balaban J connectivity index is 1.45. The van der Waals surface area contributed by atoms with Crippen LogP contribution in [0.15, 0.2) is 24.3 Å². The Bertz CT molecular complexity index is 654. The summed E-state index contributed by atoms with van der Waals surface area (Å²) in [4.78, 5) is 19.8. The Kier molecular flexibility index (Phi) is 5.53. The normalized spacial score (nSPS) is 27.9. The van der Waals surface area contributed by atoms with E-state index < -0.39 is 0 Å². The van der Waals surface area contributed by atoms with Crippen LogP contribution >= 0.6 is 0 Å². The van der Waals surface area contributed by atoms with E-state index >= 15 is 0 Å². The molecule has 2 fully saturated rings. The summed E-state index contributed by atoms with van der Waals surface area (Å²) in [5.41, 5.74) is 3.18. The number of nitrogens with zero attached hydrogens (tertiary/aromatic N) is 3. The monoisotopic (exact) mass is 371 g/mol. The standard InChI is InChI=1S/C22H33N3O2/c1-23-11-12-25(20-15-18-5-3-4-6-19(18)16-20)17-22(23)8-7-21(26)24(10-9-22)13-14-27-2/h3-6,20H,7-17H2,1-2H3/t22-/m0/s1. The number of methoxy groups -OCH3 is 1. The molecule has 5 heteroatoms. The first-order valence-electron chi connectivity index (χ1n) is 10.4. The predicted molar refractivity (Wildman–Crippen MR) is 107 cm³/mol. The van der Waals surface area contributed by atoms with Gasteiger partial charge in [0.05, 0.1) is 6.61 Å². The molecule has 148 valence electrons. The summed E-state index contributed by atoms with van der Waals surface area (Å²) in [5.74, 6) is 0.294. The average molecular weight is 372 g/mol. The third kappa shape index (κ3) is 3.78. The van der Waals surface area contributed by atoms with Crippen LogP contribution in [0, 0.1) is 0 Å². The van der Waals surface area contributed by atoms with Gasteiger partial charge >= 0.3 is 0 Å². The lowest BCUT2D eigenvalue weighted by Gasteiger charge is -2.51. The van der Waals surface area contributed by atoms with Crippen LogP contribution in [-0.4, -0.2) is 85.7 Å². The van der Waals surface area contributed by atoms with E-state index in [1.54, 1.807) is 7.11 Å². The van der Waals surface area contributed by atoms with Gasteiger partial charge in [0, 0.05) is 57.8 Å². The molecule has 3 aliphatic rings. The Morgan fingerprint density at radius 2 is 1.85 bits per heavy atom. The van der Waals surface area contributed by atoms with Gasteiger partial charge in [-0.3, -0.25) is 14.6 Å². The van der Waals surface area contributed by atoms with Crippen LogP contribution < -0.4 is 0 Å². The maximum Gasteiger partial charge on any atom is 0.222 e. The highest BCUT2D eigenvalue weighted by molar-refractivity contribution is 5.76. The summed E-state index contributed by atoms with van der Waals surface area (Å²) in [6.45, 7) is 5.52. The van der Waals surface area contributed by atoms with E-state index in [4.69, 9.17) is 4.74 Å². The molecule has 1 aliphatic carbocycles. The van der Waals surface area contributed by atoms with Crippen LogP contribution in [0.3, 0.4) is 0 Å². The molecule has 0 N–H and O–H groups in total. The molecule has 2 saturated heterocycles. The fourth-order valence-electron chi connectivity index (χ4n) is 5.27. The van der Waals surface area contributed by atoms with Crippen molar-refractivity contribution in [1.82, 2.24) is 14.7 Å². The minimum atomic E-state index is 0.129. The first-order valence-corrected chi connectivity index (χ1v) is 10.4. The van der Waals surface area contributed by atoms with Gasteiger partial charge in [-0.15, -0.1) is 0 Å². The molecule has 1 aromatic carbocycles. The van der Waals surface area contributed by atoms with Crippen molar-refractivity contribution in [3.05, 3.63) is 35.4 Å². The van der Waals surface area contributed by atoms with Gasteiger partial charge in [0.25, 0.3) is 0 Å². The van der Waals surface area contributed by atoms with Crippen LogP contribution in [0.25, 0.3) is 0 Å². The zero-order valence-corrected chi connectivity index (χ0v) is 16.8. The molecule has 0 aromatic heterocycles. The summed E-state index contributed by atoms with van der Waals surface area (Å²) < 4.78 is 5.19. The number of likely N-dealkylation sites (tertiary alicyclic amines) is 1. The zero-order valence-electron chi connectivity index (χ0n) is 16.8. The summed E-state index contributed by atoms with van der Waals surface area (Å²) in [5, 5.41) is 0. The SMILES string of the molecule is COCCN1CC[C@@]2(CCC1=O)CN(C1Cc3ccccc3C1)CCN2C. The van der Waals surface area contributed by atoms with E-state index in [1.807, 2.05) is 4.90 Å². The highest BCUT2D eigenvalue weighted by Crippen LogP contribution is 2.35. The molecule has 27 heavy (non-hydrogen) atoms. The van der Waals surface area contributed by atoms with E-state index in [1.165, 1.54) is 24.0 Å². The Labute approximate surface area is 163 Å². The molecule has 1 atom stereocenters. The van der Waals surface area contributed by atoms with E-state index in [2.05, 4.69) is 41.1 Å². The molecule has 1 amide bonds. The lowest BCUT2D eigenvalue weighted by molar-refractivity contribution is -0.131. The fraction of sp³-hybridized carbons (Fsp3) is 0.682. The number of fused-ring (bicyclic) bond motifs is 1. The molecular formula is C22H33N3O2. The second kappa shape index (κ2) is 7.90. The van der Waals surface area contributed by atoms with Crippen molar-refractivity contribution in [3.8, 4) is 0 Å². The van der Waals surface area contributed by atoms with Gasteiger partial charge in [-0.25, -0.2) is 0 Å². The van der Waals surface area contributed by atoms with Gasteiger partial charge < -0.3 is 9.64 Å². The Hall–Kier alpha value is -1.43. The molecule has 1 aromatic rings. The molecule has 5 nitrogen and oxygen atoms in total. The van der Waals surface area contributed by atoms with Crippen LogP contribution in [0.5, 0.6) is 0 Å². The minimum absolute atomic E-state index is 0.129. The maximum absolute atomic E-state index is 12.6. The van der Waals surface area contributed by atoms with Crippen molar-refractivity contribution in [1.29, 1.82) is 0 Å². The number of carbonyl (C=O) groups excluding carboxylic acids is 1. The quantitative estimate of drug-likeness (QED) is 0.809. The minimum Gasteiger partial charge on any atom is -0.383 e. The largest absolute Gasteiger partial charge is 0.383 e. The summed E-state index contributed by atoms with van der Waals surface area (Å²) in [6, 6.07) is 9.53. The van der Waals surface area contributed by atoms with Crippen LogP contribution in [0.1, 0.15) is 30.4 Å². The third-order valence-corrected chi connectivity index (χ3v) is 7.14. The second-order valence-corrected chi connectivity index (χ2v) is 8.57. The summed E-state index contributed by atoms with van der Waals surface area (Å²) in [6.07, 6.45) is 5.05. The number of amides is 1. The predicted octanol–water partition coefficient (Wildman–Crippen LogP) is 1.80. The Morgan fingerprint density at radius 1 is 1.11 bits per heavy atom. The number of ether oxygens (including phenoxy) is 1.